The molecule has 6 heteroatoms. The summed E-state index contributed by atoms with van der Waals surface area (Å²) in [5.41, 5.74) is 0.639. The fourth-order valence-corrected chi connectivity index (χ4v) is 3.41. The van der Waals surface area contributed by atoms with Gasteiger partial charge in [0.2, 0.25) is 5.88 Å². The molecule has 0 spiro atoms. The number of carbonyl (C=O) groups is 1. The van der Waals surface area contributed by atoms with Gasteiger partial charge in [0, 0.05) is 43.8 Å². The lowest BCUT2D eigenvalue weighted by Crippen LogP contribution is -2.32. The average Bonchev–Trinajstić information content (AvgIpc) is 3.19. The number of hydrogen-bond acceptors (Lipinski definition) is 4. The Bertz CT molecular complexity index is 738. The molecule has 2 aromatic rings. The molecule has 1 atom stereocenters. The number of amides is 1. The quantitative estimate of drug-likeness (QED) is 0.867. The number of ether oxygens (including phenoxy) is 1. The molecule has 2 aromatic heterocycles. The van der Waals surface area contributed by atoms with E-state index in [1.54, 1.807) is 24.5 Å². The van der Waals surface area contributed by atoms with E-state index in [-0.39, 0.29) is 18.1 Å². The molecule has 1 saturated carbocycles. The zero-order chi connectivity index (χ0) is 16.5. The van der Waals surface area contributed by atoms with Crippen LogP contribution in [0.3, 0.4) is 0 Å². The highest BCUT2D eigenvalue weighted by molar-refractivity contribution is 5.94. The van der Waals surface area contributed by atoms with Crippen molar-refractivity contribution in [2.24, 2.45) is 7.05 Å². The van der Waals surface area contributed by atoms with Gasteiger partial charge in [-0.2, -0.15) is 0 Å². The van der Waals surface area contributed by atoms with E-state index in [9.17, 15) is 4.79 Å². The van der Waals surface area contributed by atoms with Gasteiger partial charge in [-0.05, 0) is 38.2 Å². The molecule has 1 unspecified atom stereocenters. The van der Waals surface area contributed by atoms with Crippen molar-refractivity contribution >= 4 is 5.91 Å². The Morgan fingerprint density at radius 3 is 2.79 bits per heavy atom. The molecule has 0 radical (unpaired) electrons. The predicted octanol–water partition coefficient (Wildman–Crippen LogP) is 2.72. The van der Waals surface area contributed by atoms with Crippen LogP contribution in [0.1, 0.15) is 54.3 Å². The first kappa shape index (κ1) is 15.2. The average molecular weight is 326 g/mol. The van der Waals surface area contributed by atoms with Crippen molar-refractivity contribution in [1.29, 1.82) is 0 Å². The van der Waals surface area contributed by atoms with Crippen molar-refractivity contribution in [3.63, 3.8) is 0 Å². The number of imidazole rings is 1. The molecular formula is C18H22N4O2. The minimum absolute atomic E-state index is 0.0290. The number of rotatable bonds is 4. The Morgan fingerprint density at radius 2 is 2.08 bits per heavy atom. The summed E-state index contributed by atoms with van der Waals surface area (Å²) in [6.45, 7) is 0.761. The molecule has 1 saturated heterocycles. The number of aryl methyl sites for hydroxylation is 1. The standard InChI is InChI=1S/C18H22N4O2/c1-21-11-9-20-17(21)15-6-3-10-22(15)18(23)13-7-8-19-16(12-13)24-14-4-2-5-14/h7-9,11-12,14-15H,2-6,10H2,1H3. The highest BCUT2D eigenvalue weighted by Crippen LogP contribution is 2.32. The molecule has 0 N–H and O–H groups in total. The molecule has 1 aliphatic carbocycles. The van der Waals surface area contributed by atoms with Crippen LogP contribution in [0.25, 0.3) is 0 Å². The molecule has 1 aliphatic heterocycles. The van der Waals surface area contributed by atoms with Gasteiger partial charge < -0.3 is 14.2 Å². The summed E-state index contributed by atoms with van der Waals surface area (Å²) in [6, 6.07) is 3.58. The van der Waals surface area contributed by atoms with Crippen molar-refractivity contribution in [2.75, 3.05) is 6.54 Å². The van der Waals surface area contributed by atoms with Crippen LogP contribution < -0.4 is 4.74 Å². The molecule has 24 heavy (non-hydrogen) atoms. The van der Waals surface area contributed by atoms with Crippen LogP contribution in [-0.4, -0.2) is 38.0 Å². The van der Waals surface area contributed by atoms with Crippen LogP contribution in [0.5, 0.6) is 5.88 Å². The van der Waals surface area contributed by atoms with E-state index < -0.39 is 0 Å². The smallest absolute Gasteiger partial charge is 0.254 e. The van der Waals surface area contributed by atoms with E-state index in [4.69, 9.17) is 4.74 Å². The second-order valence-corrected chi connectivity index (χ2v) is 6.61. The fraction of sp³-hybridized carbons (Fsp3) is 0.500. The molecule has 4 rings (SSSR count). The lowest BCUT2D eigenvalue weighted by atomic mass is 9.96. The van der Waals surface area contributed by atoms with Gasteiger partial charge >= 0.3 is 0 Å². The van der Waals surface area contributed by atoms with Crippen molar-refractivity contribution in [3.05, 3.63) is 42.1 Å². The van der Waals surface area contributed by atoms with E-state index in [1.807, 2.05) is 22.7 Å². The first-order chi connectivity index (χ1) is 11.7. The van der Waals surface area contributed by atoms with Crippen LogP contribution in [0.2, 0.25) is 0 Å². The van der Waals surface area contributed by atoms with E-state index in [2.05, 4.69) is 9.97 Å². The fourth-order valence-electron chi connectivity index (χ4n) is 3.41. The number of aromatic nitrogens is 3. The summed E-state index contributed by atoms with van der Waals surface area (Å²) in [6.07, 6.45) is 10.9. The maximum atomic E-state index is 13.0. The largest absolute Gasteiger partial charge is 0.474 e. The van der Waals surface area contributed by atoms with Crippen molar-refractivity contribution < 1.29 is 9.53 Å². The highest BCUT2D eigenvalue weighted by atomic mass is 16.5. The summed E-state index contributed by atoms with van der Waals surface area (Å²) in [5.74, 6) is 1.53. The summed E-state index contributed by atoms with van der Waals surface area (Å²) < 4.78 is 7.82. The van der Waals surface area contributed by atoms with Crippen LogP contribution in [-0.2, 0) is 7.05 Å². The Morgan fingerprint density at radius 1 is 1.21 bits per heavy atom. The van der Waals surface area contributed by atoms with Crippen LogP contribution in [0.4, 0.5) is 0 Å². The van der Waals surface area contributed by atoms with Gasteiger partial charge in [-0.25, -0.2) is 9.97 Å². The Labute approximate surface area is 141 Å². The molecule has 6 nitrogen and oxygen atoms in total. The molecule has 0 bridgehead atoms. The Hall–Kier alpha value is -2.37. The van der Waals surface area contributed by atoms with Crippen molar-refractivity contribution in [1.82, 2.24) is 19.4 Å². The lowest BCUT2D eigenvalue weighted by Gasteiger charge is -2.26. The summed E-state index contributed by atoms with van der Waals surface area (Å²) in [4.78, 5) is 23.6. The van der Waals surface area contributed by atoms with Gasteiger partial charge in [0.1, 0.15) is 11.9 Å². The Kier molecular flexibility index (Phi) is 3.96. The summed E-state index contributed by atoms with van der Waals surface area (Å²) in [7, 11) is 1.97. The molecular weight excluding hydrogens is 304 g/mol. The zero-order valence-corrected chi connectivity index (χ0v) is 13.9. The third kappa shape index (κ3) is 2.77. The van der Waals surface area contributed by atoms with E-state index in [0.717, 1.165) is 38.1 Å². The lowest BCUT2D eigenvalue weighted by molar-refractivity contribution is 0.0725. The first-order valence-electron chi connectivity index (χ1n) is 8.63. The number of nitrogens with zero attached hydrogens (tertiary/aromatic N) is 4. The second-order valence-electron chi connectivity index (χ2n) is 6.61. The van der Waals surface area contributed by atoms with Crippen molar-refractivity contribution in [2.45, 2.75) is 44.2 Å². The first-order valence-corrected chi connectivity index (χ1v) is 8.63. The van der Waals surface area contributed by atoms with E-state index in [1.165, 1.54) is 6.42 Å². The number of carbonyl (C=O) groups excluding carboxylic acids is 1. The summed E-state index contributed by atoms with van der Waals surface area (Å²) in [5, 5.41) is 0. The number of hydrogen-bond donors (Lipinski definition) is 0. The number of likely N-dealkylation sites (tertiary alicyclic amines) is 1. The molecule has 2 aliphatic rings. The van der Waals surface area contributed by atoms with Crippen molar-refractivity contribution in [3.8, 4) is 5.88 Å². The molecule has 3 heterocycles. The van der Waals surface area contributed by atoms with Crippen LogP contribution >= 0.6 is 0 Å². The Balaban J connectivity index is 1.54. The third-order valence-corrected chi connectivity index (χ3v) is 4.99. The minimum atomic E-state index is 0.0290. The van der Waals surface area contributed by atoms with Gasteiger partial charge in [0.25, 0.3) is 5.91 Å². The molecule has 2 fully saturated rings. The normalized spacial score (nSPS) is 20.9. The monoisotopic (exact) mass is 326 g/mol. The number of pyridine rings is 1. The SMILES string of the molecule is Cn1ccnc1C1CCCN1C(=O)c1ccnc(OC2CCC2)c1. The third-order valence-electron chi connectivity index (χ3n) is 4.99. The van der Waals surface area contributed by atoms with Crippen LogP contribution in [0, 0.1) is 0 Å². The van der Waals surface area contributed by atoms with Gasteiger partial charge in [-0.3, -0.25) is 4.79 Å². The van der Waals surface area contributed by atoms with E-state index >= 15 is 0 Å². The maximum absolute atomic E-state index is 13.0. The maximum Gasteiger partial charge on any atom is 0.254 e. The minimum Gasteiger partial charge on any atom is -0.474 e. The topological polar surface area (TPSA) is 60.2 Å². The second kappa shape index (κ2) is 6.26. The van der Waals surface area contributed by atoms with Gasteiger partial charge in [0.05, 0.1) is 6.04 Å². The summed E-state index contributed by atoms with van der Waals surface area (Å²) >= 11 is 0. The van der Waals surface area contributed by atoms with E-state index in [0.29, 0.717) is 11.4 Å². The zero-order valence-electron chi connectivity index (χ0n) is 13.9. The van der Waals surface area contributed by atoms with Crippen LogP contribution in [0.15, 0.2) is 30.7 Å². The molecule has 126 valence electrons. The molecule has 1 amide bonds. The predicted molar refractivity (Wildman–Crippen MR) is 88.7 cm³/mol. The van der Waals surface area contributed by atoms with Gasteiger partial charge in [-0.1, -0.05) is 0 Å². The highest BCUT2D eigenvalue weighted by Gasteiger charge is 2.33. The molecule has 0 aromatic carbocycles. The van der Waals surface area contributed by atoms with Gasteiger partial charge in [0.15, 0.2) is 0 Å². The van der Waals surface area contributed by atoms with Gasteiger partial charge in [-0.15, -0.1) is 0 Å².